The molecular weight excluding hydrogens is 342 g/mol. The number of hydrogen-bond acceptors (Lipinski definition) is 8. The molecule has 0 radical (unpaired) electrons. The molecule has 8 nitrogen and oxygen atoms in total. The first-order valence-electron chi connectivity index (χ1n) is 8.48. The second-order valence-corrected chi connectivity index (χ2v) is 6.06. The summed E-state index contributed by atoms with van der Waals surface area (Å²) in [5.74, 6) is -2.47. The van der Waals surface area contributed by atoms with Gasteiger partial charge in [0, 0.05) is 5.92 Å². The van der Waals surface area contributed by atoms with Gasteiger partial charge in [-0.2, -0.15) is 0 Å². The highest BCUT2D eigenvalue weighted by Gasteiger charge is 2.48. The molecule has 3 atom stereocenters. The fraction of sp³-hybridized carbons (Fsp3) is 0.556. The van der Waals surface area contributed by atoms with E-state index < -0.39 is 29.9 Å². The minimum atomic E-state index is -2.15. The van der Waals surface area contributed by atoms with Crippen molar-refractivity contribution in [1.82, 2.24) is 0 Å². The van der Waals surface area contributed by atoms with Gasteiger partial charge >= 0.3 is 12.1 Å². The first kappa shape index (κ1) is 21.6. The highest BCUT2D eigenvalue weighted by Crippen LogP contribution is 2.37. The Bertz CT molecular complexity index is 634. The first-order valence-corrected chi connectivity index (χ1v) is 8.48. The van der Waals surface area contributed by atoms with Crippen LogP contribution in [0.2, 0.25) is 0 Å². The Balaban J connectivity index is 3.28. The van der Waals surface area contributed by atoms with Crippen molar-refractivity contribution >= 4 is 12.1 Å². The first-order chi connectivity index (χ1) is 12.2. The van der Waals surface area contributed by atoms with Crippen molar-refractivity contribution in [3.05, 3.63) is 23.8 Å². The van der Waals surface area contributed by atoms with Gasteiger partial charge in [0.2, 0.25) is 0 Å². The molecule has 8 heteroatoms. The number of benzene rings is 1. The monoisotopic (exact) mass is 369 g/mol. The number of rotatable bonds is 8. The van der Waals surface area contributed by atoms with Gasteiger partial charge in [-0.3, -0.25) is 5.73 Å². The average Bonchev–Trinajstić information content (AvgIpc) is 2.60. The summed E-state index contributed by atoms with van der Waals surface area (Å²) in [6, 6.07) is 4.02. The Hall–Kier alpha value is -2.48. The van der Waals surface area contributed by atoms with E-state index in [1.807, 2.05) is 13.8 Å². The number of carbonyl (C=O) groups excluding carboxylic acids is 2. The van der Waals surface area contributed by atoms with Crippen LogP contribution in [0.15, 0.2) is 18.2 Å². The molecule has 0 aliphatic heterocycles. The number of phenolic OH excluding ortho intramolecular Hbond substituents is 2. The van der Waals surface area contributed by atoms with Gasteiger partial charge in [-0.05, 0) is 37.5 Å². The molecule has 1 unspecified atom stereocenters. The van der Waals surface area contributed by atoms with Crippen LogP contribution in [-0.4, -0.2) is 41.3 Å². The summed E-state index contributed by atoms with van der Waals surface area (Å²) in [5, 5.41) is 19.3. The van der Waals surface area contributed by atoms with E-state index in [9.17, 15) is 19.8 Å². The van der Waals surface area contributed by atoms with Crippen molar-refractivity contribution in [2.45, 2.75) is 57.8 Å². The van der Waals surface area contributed by atoms with E-state index >= 15 is 0 Å². The summed E-state index contributed by atoms with van der Waals surface area (Å²) in [4.78, 5) is 24.5. The lowest BCUT2D eigenvalue weighted by molar-refractivity contribution is -0.168. The van der Waals surface area contributed by atoms with Gasteiger partial charge in [0.15, 0.2) is 11.5 Å². The van der Waals surface area contributed by atoms with E-state index in [1.165, 1.54) is 18.2 Å². The topological polar surface area (TPSA) is 128 Å². The van der Waals surface area contributed by atoms with E-state index in [0.717, 1.165) is 7.11 Å². The SMILES string of the molecule is CCCC(c1ccc(O)c(O)c1)[C@](N)(OC(=O)O[C@@H](C)CC)C(=O)OC. The smallest absolute Gasteiger partial charge is 0.504 e. The third-order valence-electron chi connectivity index (χ3n) is 4.13. The number of nitrogens with two attached hydrogens (primary N) is 1. The molecule has 0 fully saturated rings. The number of esters is 1. The summed E-state index contributed by atoms with van der Waals surface area (Å²) in [6.07, 6.45) is 0.0243. The number of aromatic hydroxyl groups is 2. The second-order valence-electron chi connectivity index (χ2n) is 6.06. The van der Waals surface area contributed by atoms with Gasteiger partial charge in [0.05, 0.1) is 7.11 Å². The third-order valence-corrected chi connectivity index (χ3v) is 4.13. The van der Waals surface area contributed by atoms with Crippen molar-refractivity contribution in [2.24, 2.45) is 5.73 Å². The van der Waals surface area contributed by atoms with Gasteiger partial charge in [-0.1, -0.05) is 26.3 Å². The Morgan fingerprint density at radius 2 is 1.88 bits per heavy atom. The lowest BCUT2D eigenvalue weighted by Crippen LogP contribution is -2.57. The third kappa shape index (κ3) is 5.01. The molecule has 1 rings (SSSR count). The van der Waals surface area contributed by atoms with Crippen LogP contribution in [0.3, 0.4) is 0 Å². The molecule has 0 spiro atoms. The van der Waals surface area contributed by atoms with Crippen molar-refractivity contribution in [3.63, 3.8) is 0 Å². The van der Waals surface area contributed by atoms with E-state index in [2.05, 4.69) is 0 Å². The fourth-order valence-corrected chi connectivity index (χ4v) is 2.50. The quantitative estimate of drug-likeness (QED) is 0.362. The zero-order valence-electron chi connectivity index (χ0n) is 15.5. The molecule has 0 aromatic heterocycles. The molecule has 1 aromatic rings. The van der Waals surface area contributed by atoms with Crippen molar-refractivity contribution in [1.29, 1.82) is 0 Å². The predicted octanol–water partition coefficient (Wildman–Crippen LogP) is 2.76. The van der Waals surface area contributed by atoms with E-state index in [-0.39, 0.29) is 11.5 Å². The largest absolute Gasteiger partial charge is 0.510 e. The maximum Gasteiger partial charge on any atom is 0.510 e. The highest BCUT2D eigenvalue weighted by atomic mass is 16.7. The van der Waals surface area contributed by atoms with Crippen molar-refractivity contribution in [3.8, 4) is 11.5 Å². The van der Waals surface area contributed by atoms with Crippen molar-refractivity contribution < 1.29 is 34.0 Å². The number of ether oxygens (including phenoxy) is 3. The standard InChI is InChI=1S/C18H27NO7/c1-5-7-13(12-8-9-14(20)15(21)10-12)18(19,16(22)24-4)26-17(23)25-11(3)6-2/h8-11,13,20-21H,5-7,19H2,1-4H3/t11-,13?,18-/m0/s1. The molecule has 0 aliphatic rings. The van der Waals surface area contributed by atoms with Crippen LogP contribution in [0.5, 0.6) is 11.5 Å². The molecule has 26 heavy (non-hydrogen) atoms. The minimum Gasteiger partial charge on any atom is -0.504 e. The zero-order chi connectivity index (χ0) is 19.9. The fourth-order valence-electron chi connectivity index (χ4n) is 2.50. The van der Waals surface area contributed by atoms with Crippen LogP contribution in [0.4, 0.5) is 4.79 Å². The lowest BCUT2D eigenvalue weighted by atomic mass is 9.84. The van der Waals surface area contributed by atoms with Crippen LogP contribution in [0, 0.1) is 0 Å². The van der Waals surface area contributed by atoms with Crippen LogP contribution in [0.25, 0.3) is 0 Å². The number of hydrogen-bond donors (Lipinski definition) is 3. The summed E-state index contributed by atoms with van der Waals surface area (Å²) >= 11 is 0. The normalized spacial score (nSPS) is 15.4. The highest BCUT2D eigenvalue weighted by molar-refractivity contribution is 5.83. The number of phenols is 2. The Morgan fingerprint density at radius 1 is 1.23 bits per heavy atom. The molecule has 0 bridgehead atoms. The molecule has 0 heterocycles. The van der Waals surface area contributed by atoms with Crippen LogP contribution < -0.4 is 5.73 Å². The summed E-state index contributed by atoms with van der Waals surface area (Å²) in [7, 11) is 1.13. The molecule has 0 saturated heterocycles. The van der Waals surface area contributed by atoms with Crippen molar-refractivity contribution in [2.75, 3.05) is 7.11 Å². The molecule has 4 N–H and O–H groups in total. The molecular formula is C18H27NO7. The average molecular weight is 369 g/mol. The van der Waals surface area contributed by atoms with Gasteiger partial charge in [0.1, 0.15) is 6.10 Å². The second kappa shape index (κ2) is 9.28. The van der Waals surface area contributed by atoms with Gasteiger partial charge in [-0.15, -0.1) is 0 Å². The molecule has 0 aliphatic carbocycles. The summed E-state index contributed by atoms with van der Waals surface area (Å²) in [6.45, 7) is 5.37. The molecule has 146 valence electrons. The lowest BCUT2D eigenvalue weighted by Gasteiger charge is -2.34. The molecule has 0 amide bonds. The van der Waals surface area contributed by atoms with Gasteiger partial charge in [0.25, 0.3) is 5.72 Å². The Morgan fingerprint density at radius 3 is 2.38 bits per heavy atom. The Kier molecular flexibility index (Phi) is 7.70. The zero-order valence-corrected chi connectivity index (χ0v) is 15.5. The molecule has 1 aromatic carbocycles. The van der Waals surface area contributed by atoms with Crippen LogP contribution in [-0.2, 0) is 19.0 Å². The maximum absolute atomic E-state index is 12.4. The predicted molar refractivity (Wildman–Crippen MR) is 93.7 cm³/mol. The van der Waals surface area contributed by atoms with Crippen LogP contribution >= 0.6 is 0 Å². The summed E-state index contributed by atoms with van der Waals surface area (Å²) in [5.41, 5.74) is 4.43. The number of carbonyl (C=O) groups is 2. The van der Waals surface area contributed by atoms with Crippen LogP contribution in [0.1, 0.15) is 51.5 Å². The molecule has 0 saturated carbocycles. The number of methoxy groups -OCH3 is 1. The minimum absolute atomic E-state index is 0.318. The van der Waals surface area contributed by atoms with E-state index in [1.54, 1.807) is 6.92 Å². The van der Waals surface area contributed by atoms with Gasteiger partial charge < -0.3 is 24.4 Å². The summed E-state index contributed by atoms with van der Waals surface area (Å²) < 4.78 is 15.0. The maximum atomic E-state index is 12.4. The van der Waals surface area contributed by atoms with E-state index in [0.29, 0.717) is 24.8 Å². The Labute approximate surface area is 152 Å². The van der Waals surface area contributed by atoms with E-state index in [4.69, 9.17) is 19.9 Å². The van der Waals surface area contributed by atoms with Gasteiger partial charge in [-0.25, -0.2) is 9.59 Å².